The second kappa shape index (κ2) is 11.0. The third-order valence-corrected chi connectivity index (χ3v) is 6.51. The van der Waals surface area contributed by atoms with E-state index in [1.165, 1.54) is 11.0 Å². The first-order chi connectivity index (χ1) is 14.9. The molecule has 0 bridgehead atoms. The molecule has 0 saturated heterocycles. The van der Waals surface area contributed by atoms with Crippen molar-refractivity contribution < 1.29 is 18.0 Å². The van der Waals surface area contributed by atoms with E-state index >= 15 is 0 Å². The lowest BCUT2D eigenvalue weighted by Gasteiger charge is -2.32. The highest BCUT2D eigenvalue weighted by atomic mass is 35.5. The van der Waals surface area contributed by atoms with Gasteiger partial charge in [0.2, 0.25) is 21.8 Å². The third-order valence-electron chi connectivity index (χ3n) is 4.70. The molecule has 0 fully saturated rings. The molecule has 2 aromatic rings. The molecule has 0 aliphatic rings. The molecule has 174 valence electrons. The Hall–Kier alpha value is -2.29. The van der Waals surface area contributed by atoms with E-state index in [4.69, 9.17) is 23.2 Å². The van der Waals surface area contributed by atoms with E-state index in [0.717, 1.165) is 10.6 Å². The molecule has 1 unspecified atom stereocenters. The number of para-hydroxylation sites is 1. The van der Waals surface area contributed by atoms with Crippen LogP contribution in [0.1, 0.15) is 26.3 Å². The average molecular weight is 500 g/mol. The zero-order valence-corrected chi connectivity index (χ0v) is 20.7. The number of nitrogens with one attached hydrogen (secondary N) is 1. The molecular weight excluding hydrogens is 473 g/mol. The summed E-state index contributed by atoms with van der Waals surface area (Å²) in [6, 6.07) is 12.3. The van der Waals surface area contributed by atoms with Gasteiger partial charge in [0.1, 0.15) is 12.6 Å². The van der Waals surface area contributed by atoms with Gasteiger partial charge in [-0.25, -0.2) is 8.42 Å². The highest BCUT2D eigenvalue weighted by molar-refractivity contribution is 7.92. The molecule has 10 heteroatoms. The van der Waals surface area contributed by atoms with Crippen LogP contribution < -0.4 is 9.62 Å². The number of nitrogens with zero attached hydrogens (tertiary/aromatic N) is 2. The van der Waals surface area contributed by atoms with Crippen LogP contribution in [0.3, 0.4) is 0 Å². The maximum absolute atomic E-state index is 13.4. The Morgan fingerprint density at radius 1 is 0.969 bits per heavy atom. The molecule has 0 spiro atoms. The van der Waals surface area contributed by atoms with E-state index in [9.17, 15) is 18.0 Å². The highest BCUT2D eigenvalue weighted by Crippen LogP contribution is 2.27. The number of carbonyl (C=O) groups is 2. The topological polar surface area (TPSA) is 86.8 Å². The van der Waals surface area contributed by atoms with Gasteiger partial charge in [-0.15, -0.1) is 0 Å². The van der Waals surface area contributed by atoms with Crippen molar-refractivity contribution >= 4 is 50.7 Å². The predicted molar refractivity (Wildman–Crippen MR) is 128 cm³/mol. The molecule has 2 rings (SSSR count). The minimum atomic E-state index is -3.84. The van der Waals surface area contributed by atoms with Crippen molar-refractivity contribution in [3.05, 3.63) is 64.1 Å². The van der Waals surface area contributed by atoms with Crippen LogP contribution in [0.2, 0.25) is 10.0 Å². The van der Waals surface area contributed by atoms with Gasteiger partial charge in [-0.05, 0) is 44.5 Å². The number of halogens is 2. The molecule has 0 saturated carbocycles. The van der Waals surface area contributed by atoms with E-state index in [1.807, 2.05) is 13.8 Å². The minimum Gasteiger partial charge on any atom is -0.352 e. The summed E-state index contributed by atoms with van der Waals surface area (Å²) < 4.78 is 25.9. The van der Waals surface area contributed by atoms with E-state index < -0.39 is 28.5 Å². The zero-order valence-electron chi connectivity index (χ0n) is 18.4. The van der Waals surface area contributed by atoms with Crippen LogP contribution in [0, 0.1) is 0 Å². The molecule has 1 atom stereocenters. The van der Waals surface area contributed by atoms with Crippen molar-refractivity contribution in [2.24, 2.45) is 0 Å². The number of hydrogen-bond acceptors (Lipinski definition) is 4. The molecule has 32 heavy (non-hydrogen) atoms. The monoisotopic (exact) mass is 499 g/mol. The normalized spacial score (nSPS) is 12.3. The molecule has 7 nitrogen and oxygen atoms in total. The fraction of sp³-hybridized carbons (Fsp3) is 0.364. The number of amides is 2. The van der Waals surface area contributed by atoms with Crippen LogP contribution in [-0.2, 0) is 26.2 Å². The number of anilines is 1. The predicted octanol–water partition coefficient (Wildman–Crippen LogP) is 3.70. The fourth-order valence-corrected chi connectivity index (χ4v) is 4.39. The Morgan fingerprint density at radius 3 is 2.06 bits per heavy atom. The van der Waals surface area contributed by atoms with Crippen molar-refractivity contribution in [3.8, 4) is 0 Å². The lowest BCUT2D eigenvalue weighted by molar-refractivity contribution is -0.139. The summed E-state index contributed by atoms with van der Waals surface area (Å²) in [7, 11) is -3.84. The van der Waals surface area contributed by atoms with Gasteiger partial charge in [-0.1, -0.05) is 53.5 Å². The summed E-state index contributed by atoms with van der Waals surface area (Å²) in [5.74, 6) is -0.925. The average Bonchev–Trinajstić information content (AvgIpc) is 2.70. The first-order valence-electron chi connectivity index (χ1n) is 9.97. The van der Waals surface area contributed by atoms with Gasteiger partial charge in [0, 0.05) is 17.6 Å². The molecule has 0 aromatic heterocycles. The van der Waals surface area contributed by atoms with Gasteiger partial charge in [-0.2, -0.15) is 0 Å². The van der Waals surface area contributed by atoms with Gasteiger partial charge in [0.15, 0.2) is 0 Å². The van der Waals surface area contributed by atoms with Crippen molar-refractivity contribution in [2.75, 3.05) is 17.1 Å². The zero-order chi connectivity index (χ0) is 24.1. The second-order valence-corrected chi connectivity index (χ2v) is 10.4. The third kappa shape index (κ3) is 6.85. The molecule has 1 N–H and O–H groups in total. The van der Waals surface area contributed by atoms with Gasteiger partial charge in [-0.3, -0.25) is 13.9 Å². The van der Waals surface area contributed by atoms with E-state index in [-0.39, 0.29) is 29.2 Å². The van der Waals surface area contributed by atoms with Crippen LogP contribution in [0.25, 0.3) is 0 Å². The van der Waals surface area contributed by atoms with Gasteiger partial charge >= 0.3 is 0 Å². The standard InChI is InChI=1S/C22H27Cl2N3O4S/c1-15(2)25-22(29)16(3)26(13-17-9-5-6-10-18(17)23)21(28)14-27(32(4,30)31)20-12-8-7-11-19(20)24/h5-12,15-16H,13-14H2,1-4H3,(H,25,29). The van der Waals surface area contributed by atoms with Crippen LogP contribution >= 0.6 is 23.2 Å². The quantitative estimate of drug-likeness (QED) is 0.569. The summed E-state index contributed by atoms with van der Waals surface area (Å²) in [6.07, 6.45) is 0.997. The van der Waals surface area contributed by atoms with Gasteiger partial charge in [0.25, 0.3) is 0 Å². The fourth-order valence-electron chi connectivity index (χ4n) is 3.05. The maximum Gasteiger partial charge on any atom is 0.244 e. The summed E-state index contributed by atoms with van der Waals surface area (Å²) in [6.45, 7) is 4.73. The van der Waals surface area contributed by atoms with Gasteiger partial charge in [0.05, 0.1) is 17.0 Å². The largest absolute Gasteiger partial charge is 0.352 e. The number of hydrogen-bond donors (Lipinski definition) is 1. The summed E-state index contributed by atoms with van der Waals surface area (Å²) in [4.78, 5) is 27.4. The number of carbonyl (C=O) groups excluding carboxylic acids is 2. The van der Waals surface area contributed by atoms with Crippen LogP contribution in [0.5, 0.6) is 0 Å². The van der Waals surface area contributed by atoms with Crippen molar-refractivity contribution in [1.82, 2.24) is 10.2 Å². The molecule has 2 aromatic carbocycles. The van der Waals surface area contributed by atoms with Crippen LogP contribution in [0.15, 0.2) is 48.5 Å². The number of sulfonamides is 1. The maximum atomic E-state index is 13.4. The smallest absolute Gasteiger partial charge is 0.244 e. The molecule has 0 aliphatic heterocycles. The van der Waals surface area contributed by atoms with Crippen molar-refractivity contribution in [1.29, 1.82) is 0 Å². The van der Waals surface area contributed by atoms with E-state index in [1.54, 1.807) is 49.4 Å². The van der Waals surface area contributed by atoms with E-state index in [0.29, 0.717) is 10.6 Å². The lowest BCUT2D eigenvalue weighted by Crippen LogP contribution is -2.52. The van der Waals surface area contributed by atoms with Crippen LogP contribution in [-0.4, -0.2) is 50.0 Å². The Morgan fingerprint density at radius 2 is 1.53 bits per heavy atom. The Kier molecular flexibility index (Phi) is 8.95. The summed E-state index contributed by atoms with van der Waals surface area (Å²) >= 11 is 12.5. The molecule has 2 amide bonds. The van der Waals surface area contributed by atoms with Crippen molar-refractivity contribution in [3.63, 3.8) is 0 Å². The Labute approximate surface area is 199 Å². The summed E-state index contributed by atoms with van der Waals surface area (Å²) in [5.41, 5.74) is 0.817. The number of rotatable bonds is 9. The second-order valence-electron chi connectivity index (χ2n) is 7.67. The first-order valence-corrected chi connectivity index (χ1v) is 12.6. The minimum absolute atomic E-state index is 0.0330. The molecule has 0 aliphatic carbocycles. The molecule has 0 heterocycles. The summed E-state index contributed by atoms with van der Waals surface area (Å²) in [5, 5.41) is 3.41. The molecular formula is C22H27Cl2N3O4S. The van der Waals surface area contributed by atoms with Crippen LogP contribution in [0.4, 0.5) is 5.69 Å². The van der Waals surface area contributed by atoms with E-state index in [2.05, 4.69) is 5.32 Å². The highest BCUT2D eigenvalue weighted by Gasteiger charge is 2.31. The first kappa shape index (κ1) is 26.0. The Bertz CT molecular complexity index is 1080. The van der Waals surface area contributed by atoms with Gasteiger partial charge < -0.3 is 10.2 Å². The number of benzene rings is 2. The lowest BCUT2D eigenvalue weighted by atomic mass is 10.1. The SMILES string of the molecule is CC(C)NC(=O)C(C)N(Cc1ccccc1Cl)C(=O)CN(c1ccccc1Cl)S(C)(=O)=O. The Balaban J connectivity index is 2.42. The molecule has 0 radical (unpaired) electrons. The van der Waals surface area contributed by atoms with Crippen molar-refractivity contribution in [2.45, 2.75) is 39.4 Å².